The Morgan fingerprint density at radius 2 is 1.94 bits per heavy atom. The highest BCUT2D eigenvalue weighted by molar-refractivity contribution is 5.90. The van der Waals surface area contributed by atoms with E-state index in [1.807, 2.05) is 6.20 Å². The number of nitrogens with zero attached hydrogens (tertiary/aromatic N) is 1. The standard InChI is InChI=1S/C15H19NO2/c1-10(2)14-8-16-15(18-4)12-6-5-11(9-17-3)7-13(12)14/h5-8,10H,9H2,1-4H3. The Balaban J connectivity index is 2.67. The minimum atomic E-state index is 0.434. The lowest BCUT2D eigenvalue weighted by molar-refractivity contribution is 0.185. The molecule has 3 heteroatoms. The van der Waals surface area contributed by atoms with Gasteiger partial charge in [-0.05, 0) is 34.6 Å². The maximum absolute atomic E-state index is 5.32. The van der Waals surface area contributed by atoms with E-state index >= 15 is 0 Å². The molecular formula is C15H19NO2. The lowest BCUT2D eigenvalue weighted by atomic mass is 9.97. The second-order valence-electron chi connectivity index (χ2n) is 4.69. The van der Waals surface area contributed by atoms with Crippen LogP contribution in [0.1, 0.15) is 30.9 Å². The summed E-state index contributed by atoms with van der Waals surface area (Å²) >= 11 is 0. The molecule has 3 nitrogen and oxygen atoms in total. The van der Waals surface area contributed by atoms with Crippen molar-refractivity contribution in [3.05, 3.63) is 35.5 Å². The summed E-state index contributed by atoms with van der Waals surface area (Å²) in [5, 5.41) is 2.26. The van der Waals surface area contributed by atoms with Gasteiger partial charge >= 0.3 is 0 Å². The van der Waals surface area contributed by atoms with Crippen LogP contribution < -0.4 is 4.74 Å². The van der Waals surface area contributed by atoms with Crippen molar-refractivity contribution < 1.29 is 9.47 Å². The van der Waals surface area contributed by atoms with Crippen LogP contribution in [0, 0.1) is 0 Å². The molecular weight excluding hydrogens is 226 g/mol. The van der Waals surface area contributed by atoms with Crippen molar-refractivity contribution >= 4 is 10.8 Å². The third-order valence-electron chi connectivity index (χ3n) is 3.07. The van der Waals surface area contributed by atoms with Crippen LogP contribution in [-0.2, 0) is 11.3 Å². The Bertz CT molecular complexity index is 549. The van der Waals surface area contributed by atoms with E-state index in [1.54, 1.807) is 14.2 Å². The normalized spacial score (nSPS) is 11.2. The largest absolute Gasteiger partial charge is 0.481 e. The van der Waals surface area contributed by atoms with E-state index in [0.29, 0.717) is 18.4 Å². The molecule has 0 radical (unpaired) electrons. The van der Waals surface area contributed by atoms with Gasteiger partial charge < -0.3 is 9.47 Å². The van der Waals surface area contributed by atoms with E-state index in [0.717, 1.165) is 5.39 Å². The molecule has 2 rings (SSSR count). The molecule has 0 unspecified atom stereocenters. The maximum Gasteiger partial charge on any atom is 0.221 e. The number of rotatable bonds is 4. The lowest BCUT2D eigenvalue weighted by Gasteiger charge is -2.13. The second kappa shape index (κ2) is 5.36. The number of methoxy groups -OCH3 is 2. The molecule has 0 atom stereocenters. The number of ether oxygens (including phenoxy) is 2. The second-order valence-corrected chi connectivity index (χ2v) is 4.69. The molecule has 0 fully saturated rings. The molecule has 1 aromatic heterocycles. The molecule has 0 bridgehead atoms. The minimum Gasteiger partial charge on any atom is -0.481 e. The Kier molecular flexibility index (Phi) is 3.82. The topological polar surface area (TPSA) is 31.4 Å². The molecule has 0 aliphatic heterocycles. The van der Waals surface area contributed by atoms with Crippen molar-refractivity contribution in [3.8, 4) is 5.88 Å². The van der Waals surface area contributed by atoms with Crippen LogP contribution >= 0.6 is 0 Å². The molecule has 2 aromatic rings. The molecule has 0 aliphatic carbocycles. The van der Waals surface area contributed by atoms with Gasteiger partial charge in [-0.1, -0.05) is 19.9 Å². The number of hydrogen-bond acceptors (Lipinski definition) is 3. The zero-order chi connectivity index (χ0) is 13.1. The molecule has 0 saturated heterocycles. The van der Waals surface area contributed by atoms with Gasteiger partial charge in [-0.2, -0.15) is 0 Å². The number of pyridine rings is 1. The maximum atomic E-state index is 5.32. The van der Waals surface area contributed by atoms with Gasteiger partial charge in [0.1, 0.15) is 0 Å². The molecule has 0 N–H and O–H groups in total. The first-order valence-corrected chi connectivity index (χ1v) is 6.11. The molecule has 0 spiro atoms. The van der Waals surface area contributed by atoms with Gasteiger partial charge in [0.05, 0.1) is 13.7 Å². The fourth-order valence-electron chi connectivity index (χ4n) is 2.16. The first-order chi connectivity index (χ1) is 8.67. The first-order valence-electron chi connectivity index (χ1n) is 6.11. The molecule has 0 saturated carbocycles. The summed E-state index contributed by atoms with van der Waals surface area (Å²) in [6.45, 7) is 4.97. The first kappa shape index (κ1) is 12.8. The summed E-state index contributed by atoms with van der Waals surface area (Å²) < 4.78 is 10.5. The Morgan fingerprint density at radius 1 is 1.17 bits per heavy atom. The van der Waals surface area contributed by atoms with Crippen molar-refractivity contribution in [1.29, 1.82) is 0 Å². The van der Waals surface area contributed by atoms with Crippen LogP contribution in [0.2, 0.25) is 0 Å². The Labute approximate surface area is 108 Å². The zero-order valence-corrected chi connectivity index (χ0v) is 11.4. The molecule has 0 amide bonds. The molecule has 1 heterocycles. The SMILES string of the molecule is COCc1ccc2c(OC)ncc(C(C)C)c2c1. The van der Waals surface area contributed by atoms with Crippen LogP contribution in [0.25, 0.3) is 10.8 Å². The number of fused-ring (bicyclic) bond motifs is 1. The summed E-state index contributed by atoms with van der Waals surface area (Å²) in [7, 11) is 3.36. The Hall–Kier alpha value is -1.61. The predicted octanol–water partition coefficient (Wildman–Crippen LogP) is 3.51. The van der Waals surface area contributed by atoms with Gasteiger partial charge in [0.25, 0.3) is 0 Å². The van der Waals surface area contributed by atoms with E-state index in [2.05, 4.69) is 37.0 Å². The number of hydrogen-bond donors (Lipinski definition) is 0. The van der Waals surface area contributed by atoms with Crippen LogP contribution in [0.5, 0.6) is 5.88 Å². The average molecular weight is 245 g/mol. The van der Waals surface area contributed by atoms with Crippen LogP contribution in [0.4, 0.5) is 0 Å². The van der Waals surface area contributed by atoms with E-state index in [-0.39, 0.29) is 0 Å². The van der Waals surface area contributed by atoms with Crippen molar-refractivity contribution in [2.45, 2.75) is 26.4 Å². The summed E-state index contributed by atoms with van der Waals surface area (Å²) in [4.78, 5) is 4.37. The van der Waals surface area contributed by atoms with Crippen molar-refractivity contribution in [1.82, 2.24) is 4.98 Å². The summed E-state index contributed by atoms with van der Waals surface area (Å²) in [5.41, 5.74) is 2.41. The highest BCUT2D eigenvalue weighted by Gasteiger charge is 2.11. The fourth-order valence-corrected chi connectivity index (χ4v) is 2.16. The van der Waals surface area contributed by atoms with Gasteiger partial charge in [-0.25, -0.2) is 4.98 Å². The third-order valence-corrected chi connectivity index (χ3v) is 3.07. The molecule has 96 valence electrons. The minimum absolute atomic E-state index is 0.434. The van der Waals surface area contributed by atoms with E-state index in [4.69, 9.17) is 9.47 Å². The third kappa shape index (κ3) is 2.31. The summed E-state index contributed by atoms with van der Waals surface area (Å²) in [6.07, 6.45) is 1.91. The molecule has 0 aliphatic rings. The highest BCUT2D eigenvalue weighted by atomic mass is 16.5. The van der Waals surface area contributed by atoms with Crippen LogP contribution in [0.15, 0.2) is 24.4 Å². The van der Waals surface area contributed by atoms with Gasteiger partial charge in [-0.15, -0.1) is 0 Å². The molecule has 1 aromatic carbocycles. The number of aromatic nitrogens is 1. The quantitative estimate of drug-likeness (QED) is 0.826. The Morgan fingerprint density at radius 3 is 2.56 bits per heavy atom. The summed E-state index contributed by atoms with van der Waals surface area (Å²) in [6, 6.07) is 6.28. The predicted molar refractivity (Wildman–Crippen MR) is 73.1 cm³/mol. The monoisotopic (exact) mass is 245 g/mol. The highest BCUT2D eigenvalue weighted by Crippen LogP contribution is 2.31. The van der Waals surface area contributed by atoms with Gasteiger partial charge in [-0.3, -0.25) is 0 Å². The van der Waals surface area contributed by atoms with E-state index in [1.165, 1.54) is 16.5 Å². The van der Waals surface area contributed by atoms with Crippen LogP contribution in [0.3, 0.4) is 0 Å². The smallest absolute Gasteiger partial charge is 0.221 e. The average Bonchev–Trinajstić information content (AvgIpc) is 2.37. The van der Waals surface area contributed by atoms with E-state index in [9.17, 15) is 0 Å². The number of benzene rings is 1. The molecule has 18 heavy (non-hydrogen) atoms. The van der Waals surface area contributed by atoms with Gasteiger partial charge in [0, 0.05) is 18.7 Å². The van der Waals surface area contributed by atoms with E-state index < -0.39 is 0 Å². The summed E-state index contributed by atoms with van der Waals surface area (Å²) in [5.74, 6) is 1.11. The zero-order valence-electron chi connectivity index (χ0n) is 11.4. The lowest BCUT2D eigenvalue weighted by Crippen LogP contribution is -1.97. The van der Waals surface area contributed by atoms with Crippen molar-refractivity contribution in [2.75, 3.05) is 14.2 Å². The van der Waals surface area contributed by atoms with Gasteiger partial charge in [0.15, 0.2) is 0 Å². The fraction of sp³-hybridized carbons (Fsp3) is 0.400. The van der Waals surface area contributed by atoms with Crippen LogP contribution in [-0.4, -0.2) is 19.2 Å². The van der Waals surface area contributed by atoms with Gasteiger partial charge in [0.2, 0.25) is 5.88 Å². The van der Waals surface area contributed by atoms with Crippen molar-refractivity contribution in [2.24, 2.45) is 0 Å². The van der Waals surface area contributed by atoms with Crippen molar-refractivity contribution in [3.63, 3.8) is 0 Å².